The van der Waals surface area contributed by atoms with Crippen molar-refractivity contribution >= 4 is 12.6 Å². The van der Waals surface area contributed by atoms with Crippen molar-refractivity contribution in [1.29, 1.82) is 5.41 Å². The standard InChI is InChI=1S/C8H11F6N3O/c1-5(7(9,10)11)3-16-17(4-15)6(2)18-8(12,13)14/h3-6,15H,1-2H3/b15-4?,16-3-. The number of hydrogen-bond donors (Lipinski definition) is 1. The Morgan fingerprint density at radius 1 is 1.17 bits per heavy atom. The monoisotopic (exact) mass is 279 g/mol. The third-order valence-corrected chi connectivity index (χ3v) is 1.75. The lowest BCUT2D eigenvalue weighted by Crippen LogP contribution is -2.35. The molecule has 1 N–H and O–H groups in total. The van der Waals surface area contributed by atoms with E-state index in [0.717, 1.165) is 13.8 Å². The Balaban J connectivity index is 4.61. The average molecular weight is 279 g/mol. The van der Waals surface area contributed by atoms with Crippen LogP contribution in [-0.2, 0) is 4.74 Å². The topological polar surface area (TPSA) is 48.7 Å². The van der Waals surface area contributed by atoms with Gasteiger partial charge in [0.1, 0.15) is 6.34 Å². The first kappa shape index (κ1) is 16.7. The molecule has 10 heteroatoms. The lowest BCUT2D eigenvalue weighted by Gasteiger charge is -2.23. The highest BCUT2D eigenvalue weighted by Crippen LogP contribution is 2.24. The molecule has 2 unspecified atom stereocenters. The zero-order chi connectivity index (χ0) is 14.6. The van der Waals surface area contributed by atoms with Gasteiger partial charge in [-0.2, -0.15) is 18.3 Å². The van der Waals surface area contributed by atoms with Gasteiger partial charge in [0.05, 0.1) is 5.92 Å². The minimum absolute atomic E-state index is 0.315. The van der Waals surface area contributed by atoms with Gasteiger partial charge in [0.2, 0.25) is 0 Å². The van der Waals surface area contributed by atoms with Gasteiger partial charge in [-0.1, -0.05) is 0 Å². The summed E-state index contributed by atoms with van der Waals surface area (Å²) in [4.78, 5) is 0. The first-order valence-corrected chi connectivity index (χ1v) is 4.61. The Morgan fingerprint density at radius 3 is 2.00 bits per heavy atom. The second-order valence-electron chi connectivity index (χ2n) is 3.27. The Hall–Kier alpha value is -1.32. The highest BCUT2D eigenvalue weighted by molar-refractivity contribution is 5.63. The molecule has 0 aliphatic rings. The average Bonchev–Trinajstić information content (AvgIpc) is 2.13. The maximum Gasteiger partial charge on any atom is 0.524 e. The molecule has 0 aromatic carbocycles. The molecule has 0 rings (SSSR count). The van der Waals surface area contributed by atoms with E-state index in [-0.39, 0.29) is 0 Å². The molecule has 2 atom stereocenters. The number of alkyl halides is 6. The second kappa shape index (κ2) is 6.03. The molecule has 0 spiro atoms. The maximum atomic E-state index is 12.1. The normalized spacial score (nSPS) is 16.7. The Labute approximate surface area is 98.7 Å². The molecule has 0 saturated carbocycles. The zero-order valence-electron chi connectivity index (χ0n) is 9.38. The summed E-state index contributed by atoms with van der Waals surface area (Å²) in [6.07, 6.45) is -10.5. The van der Waals surface area contributed by atoms with Crippen LogP contribution in [0.5, 0.6) is 0 Å². The Bertz CT molecular complexity index is 300. The van der Waals surface area contributed by atoms with Gasteiger partial charge in [0.25, 0.3) is 0 Å². The first-order valence-electron chi connectivity index (χ1n) is 4.61. The summed E-state index contributed by atoms with van der Waals surface area (Å²) in [5.74, 6) is -1.95. The predicted molar refractivity (Wildman–Crippen MR) is 50.9 cm³/mol. The minimum atomic E-state index is -4.97. The molecule has 0 bridgehead atoms. The molecule has 0 aliphatic heterocycles. The first-order chi connectivity index (χ1) is 7.97. The summed E-state index contributed by atoms with van der Waals surface area (Å²) in [6, 6.07) is 0. The third-order valence-electron chi connectivity index (χ3n) is 1.75. The van der Waals surface area contributed by atoms with E-state index in [2.05, 4.69) is 9.84 Å². The molecule has 0 amide bonds. The van der Waals surface area contributed by atoms with E-state index in [1.807, 2.05) is 0 Å². The summed E-state index contributed by atoms with van der Waals surface area (Å²) in [5, 5.41) is 10.2. The fraction of sp³-hybridized carbons (Fsp3) is 0.750. The molecular weight excluding hydrogens is 268 g/mol. The highest BCUT2D eigenvalue weighted by atomic mass is 19.4. The molecular formula is C8H11F6N3O. The fourth-order valence-electron chi connectivity index (χ4n) is 0.741. The largest absolute Gasteiger partial charge is 0.524 e. The summed E-state index contributed by atoms with van der Waals surface area (Å²) < 4.78 is 75.3. The van der Waals surface area contributed by atoms with E-state index in [4.69, 9.17) is 5.41 Å². The summed E-state index contributed by atoms with van der Waals surface area (Å²) >= 11 is 0. The van der Waals surface area contributed by atoms with Crippen LogP contribution in [0.25, 0.3) is 0 Å². The molecule has 18 heavy (non-hydrogen) atoms. The van der Waals surface area contributed by atoms with Crippen molar-refractivity contribution in [3.8, 4) is 0 Å². The Kier molecular flexibility index (Phi) is 5.58. The lowest BCUT2D eigenvalue weighted by atomic mass is 10.2. The van der Waals surface area contributed by atoms with Crippen molar-refractivity contribution in [3.63, 3.8) is 0 Å². The van der Waals surface area contributed by atoms with E-state index >= 15 is 0 Å². The van der Waals surface area contributed by atoms with Crippen LogP contribution in [0.3, 0.4) is 0 Å². The zero-order valence-corrected chi connectivity index (χ0v) is 9.38. The van der Waals surface area contributed by atoms with E-state index in [1.54, 1.807) is 0 Å². The van der Waals surface area contributed by atoms with E-state index in [9.17, 15) is 26.3 Å². The third kappa shape index (κ3) is 6.42. The smallest absolute Gasteiger partial charge is 0.290 e. The number of hydrazone groups is 1. The number of nitrogens with zero attached hydrogens (tertiary/aromatic N) is 2. The van der Waals surface area contributed by atoms with Crippen molar-refractivity contribution in [2.24, 2.45) is 11.0 Å². The minimum Gasteiger partial charge on any atom is -0.290 e. The number of nitrogens with one attached hydrogen (secondary N) is 1. The Morgan fingerprint density at radius 2 is 1.67 bits per heavy atom. The van der Waals surface area contributed by atoms with Crippen LogP contribution in [-0.4, -0.2) is 36.3 Å². The quantitative estimate of drug-likeness (QED) is 0.276. The molecule has 0 aromatic heterocycles. The lowest BCUT2D eigenvalue weighted by molar-refractivity contribution is -0.352. The van der Waals surface area contributed by atoms with Crippen molar-refractivity contribution in [2.75, 3.05) is 0 Å². The van der Waals surface area contributed by atoms with Crippen molar-refractivity contribution < 1.29 is 31.1 Å². The molecule has 0 saturated heterocycles. The van der Waals surface area contributed by atoms with Crippen LogP contribution in [0.1, 0.15) is 13.8 Å². The molecule has 0 fully saturated rings. The van der Waals surface area contributed by atoms with Gasteiger partial charge in [-0.05, 0) is 13.8 Å². The van der Waals surface area contributed by atoms with Gasteiger partial charge in [0.15, 0.2) is 6.23 Å². The maximum absolute atomic E-state index is 12.1. The molecule has 106 valence electrons. The molecule has 0 heterocycles. The van der Waals surface area contributed by atoms with E-state index in [1.165, 1.54) is 0 Å². The van der Waals surface area contributed by atoms with Crippen LogP contribution in [0.4, 0.5) is 26.3 Å². The van der Waals surface area contributed by atoms with Gasteiger partial charge < -0.3 is 0 Å². The summed E-state index contributed by atoms with van der Waals surface area (Å²) in [6.45, 7) is 1.68. The van der Waals surface area contributed by atoms with Crippen molar-refractivity contribution in [3.05, 3.63) is 0 Å². The molecule has 4 nitrogen and oxygen atoms in total. The van der Waals surface area contributed by atoms with Crippen LogP contribution < -0.4 is 0 Å². The van der Waals surface area contributed by atoms with Gasteiger partial charge in [-0.15, -0.1) is 13.2 Å². The van der Waals surface area contributed by atoms with Gasteiger partial charge >= 0.3 is 12.5 Å². The fourth-order valence-corrected chi connectivity index (χ4v) is 0.741. The van der Waals surface area contributed by atoms with E-state index < -0.39 is 24.7 Å². The van der Waals surface area contributed by atoms with Crippen LogP contribution in [0, 0.1) is 11.3 Å². The highest BCUT2D eigenvalue weighted by Gasteiger charge is 2.36. The summed E-state index contributed by atoms with van der Waals surface area (Å²) in [5.41, 5.74) is 0. The number of hydrogen-bond acceptors (Lipinski definition) is 3. The van der Waals surface area contributed by atoms with Gasteiger partial charge in [-0.3, -0.25) is 10.1 Å². The van der Waals surface area contributed by atoms with Crippen LogP contribution in [0.15, 0.2) is 5.10 Å². The number of ether oxygens (including phenoxy) is 1. The van der Waals surface area contributed by atoms with Gasteiger partial charge in [-0.25, -0.2) is 5.01 Å². The van der Waals surface area contributed by atoms with Crippen molar-refractivity contribution in [1.82, 2.24) is 5.01 Å². The van der Waals surface area contributed by atoms with E-state index in [0.29, 0.717) is 17.6 Å². The SMILES string of the molecule is CC(OC(F)(F)F)N(C=N)/N=C\C(C)C(F)(F)F. The van der Waals surface area contributed by atoms with Crippen molar-refractivity contribution in [2.45, 2.75) is 32.6 Å². The summed E-state index contributed by atoms with van der Waals surface area (Å²) in [7, 11) is 0. The predicted octanol–water partition coefficient (Wildman–Crippen LogP) is 2.96. The van der Waals surface area contributed by atoms with Crippen LogP contribution in [0.2, 0.25) is 0 Å². The molecule has 0 aliphatic carbocycles. The number of rotatable bonds is 5. The van der Waals surface area contributed by atoms with Crippen LogP contribution >= 0.6 is 0 Å². The molecule has 0 aromatic rings. The molecule has 0 radical (unpaired) electrons. The second-order valence-corrected chi connectivity index (χ2v) is 3.27. The number of halogens is 6. The van der Waals surface area contributed by atoms with Gasteiger partial charge in [0, 0.05) is 6.21 Å².